The van der Waals surface area contributed by atoms with Crippen molar-refractivity contribution in [3.05, 3.63) is 28.8 Å². The number of oxazole rings is 1. The molecule has 0 aliphatic carbocycles. The van der Waals surface area contributed by atoms with Crippen LogP contribution in [0.4, 0.5) is 24.0 Å². The predicted octanol–water partition coefficient (Wildman–Crippen LogP) is 4.53. The van der Waals surface area contributed by atoms with Crippen LogP contribution in [0.3, 0.4) is 0 Å². The number of aliphatic hydroxyl groups is 1. The molecule has 1 aromatic carbocycles. The topological polar surface area (TPSA) is 103 Å². The molecule has 1 amide bonds. The maximum absolute atomic E-state index is 14.2. The highest BCUT2D eigenvalue weighted by Gasteiger charge is 2.45. The molecular weight excluding hydrogens is 461 g/mol. The fourth-order valence-corrected chi connectivity index (χ4v) is 5.51. The molecule has 176 valence electrons. The molecule has 33 heavy (non-hydrogen) atoms. The van der Waals surface area contributed by atoms with Crippen molar-refractivity contribution < 1.29 is 32.6 Å². The number of rotatable bonds is 3. The summed E-state index contributed by atoms with van der Waals surface area (Å²) < 4.78 is 48.6. The summed E-state index contributed by atoms with van der Waals surface area (Å²) in [6, 6.07) is 0.723. The molecule has 2 unspecified atom stereocenters. The van der Waals surface area contributed by atoms with Crippen LogP contribution in [0.5, 0.6) is 0 Å². The van der Waals surface area contributed by atoms with Gasteiger partial charge < -0.3 is 19.5 Å². The van der Waals surface area contributed by atoms with Crippen LogP contribution in [-0.2, 0) is 11.8 Å². The van der Waals surface area contributed by atoms with Gasteiger partial charge in [0.25, 0.3) is 6.01 Å². The minimum absolute atomic E-state index is 0.00291. The molecule has 0 radical (unpaired) electrons. The van der Waals surface area contributed by atoms with Crippen molar-refractivity contribution >= 4 is 34.5 Å². The Bertz CT molecular complexity index is 1210. The number of amides is 1. The van der Waals surface area contributed by atoms with E-state index in [1.165, 1.54) is 42.3 Å². The average Bonchev–Trinajstić information content (AvgIpc) is 3.43. The van der Waals surface area contributed by atoms with Gasteiger partial charge in [-0.1, -0.05) is 0 Å². The van der Waals surface area contributed by atoms with Gasteiger partial charge in [0.2, 0.25) is 0 Å². The van der Waals surface area contributed by atoms with E-state index in [1.807, 2.05) is 0 Å². The number of carbonyl (C=O) groups is 1. The van der Waals surface area contributed by atoms with E-state index in [0.29, 0.717) is 23.4 Å². The second-order valence-corrected chi connectivity index (χ2v) is 9.79. The van der Waals surface area contributed by atoms with Crippen LogP contribution in [0.15, 0.2) is 22.1 Å². The first-order valence-corrected chi connectivity index (χ1v) is 11.3. The molecule has 2 aliphatic rings. The third-order valence-electron chi connectivity index (χ3n) is 6.23. The largest absolute Gasteiger partial charge is 0.465 e. The predicted molar refractivity (Wildman–Crippen MR) is 114 cm³/mol. The Morgan fingerprint density at radius 1 is 1.24 bits per heavy atom. The van der Waals surface area contributed by atoms with Gasteiger partial charge in [-0.3, -0.25) is 4.90 Å². The maximum atomic E-state index is 14.2. The Labute approximate surface area is 190 Å². The lowest BCUT2D eigenvalue weighted by molar-refractivity contribution is -0.139. The Morgan fingerprint density at radius 3 is 2.42 bits per heavy atom. The number of aromatic nitrogens is 2. The van der Waals surface area contributed by atoms with Gasteiger partial charge in [-0.05, 0) is 38.3 Å². The number of carboxylic acid groups (broad SMARTS) is 1. The van der Waals surface area contributed by atoms with Gasteiger partial charge in [0.05, 0.1) is 28.8 Å². The van der Waals surface area contributed by atoms with Gasteiger partial charge in [-0.2, -0.15) is 18.2 Å². The molecule has 2 bridgehead atoms. The zero-order valence-corrected chi connectivity index (χ0v) is 18.6. The number of alkyl halides is 3. The summed E-state index contributed by atoms with van der Waals surface area (Å²) in [5, 5.41) is 22.2. The first-order valence-electron chi connectivity index (χ1n) is 10.4. The molecule has 2 saturated heterocycles. The number of nitrogens with zero attached hydrogens (tertiary/aromatic N) is 4. The molecular formula is C21H21F3N4O4S. The van der Waals surface area contributed by atoms with Crippen molar-refractivity contribution in [1.29, 1.82) is 0 Å². The minimum atomic E-state index is -4.79. The highest BCUT2D eigenvalue weighted by Crippen LogP contribution is 2.46. The van der Waals surface area contributed by atoms with E-state index in [-0.39, 0.29) is 42.3 Å². The van der Waals surface area contributed by atoms with Crippen LogP contribution in [0.2, 0.25) is 0 Å². The second kappa shape index (κ2) is 7.32. The number of thiazole rings is 1. The van der Waals surface area contributed by atoms with Crippen molar-refractivity contribution in [3.8, 4) is 10.6 Å². The van der Waals surface area contributed by atoms with Gasteiger partial charge >= 0.3 is 12.3 Å². The van der Waals surface area contributed by atoms with E-state index < -0.39 is 29.0 Å². The number of hydrogen-bond donors (Lipinski definition) is 2. The number of hydrogen-bond acceptors (Lipinski definition) is 7. The summed E-state index contributed by atoms with van der Waals surface area (Å²) in [5.74, 6) is 0. The van der Waals surface area contributed by atoms with Crippen LogP contribution >= 0.6 is 11.3 Å². The van der Waals surface area contributed by atoms with Crippen LogP contribution in [0.25, 0.3) is 21.7 Å². The monoisotopic (exact) mass is 482 g/mol. The summed E-state index contributed by atoms with van der Waals surface area (Å²) in [4.78, 5) is 23.2. The van der Waals surface area contributed by atoms with Gasteiger partial charge in [-0.15, -0.1) is 11.3 Å². The summed E-state index contributed by atoms with van der Waals surface area (Å²) in [6.07, 6.45) is -2.90. The Morgan fingerprint density at radius 2 is 1.91 bits per heavy atom. The first kappa shape index (κ1) is 22.0. The van der Waals surface area contributed by atoms with Crippen molar-refractivity contribution in [3.63, 3.8) is 0 Å². The highest BCUT2D eigenvalue weighted by molar-refractivity contribution is 7.13. The van der Waals surface area contributed by atoms with Crippen LogP contribution < -0.4 is 4.90 Å². The molecule has 5 rings (SSSR count). The van der Waals surface area contributed by atoms with Gasteiger partial charge in [0.1, 0.15) is 10.5 Å². The van der Waals surface area contributed by atoms with E-state index in [1.54, 1.807) is 10.3 Å². The minimum Gasteiger partial charge on any atom is -0.465 e. The van der Waals surface area contributed by atoms with Crippen molar-refractivity contribution in [1.82, 2.24) is 14.9 Å². The second-order valence-electron chi connectivity index (χ2n) is 8.89. The first-order chi connectivity index (χ1) is 15.4. The van der Waals surface area contributed by atoms with Gasteiger partial charge in [0.15, 0.2) is 5.58 Å². The van der Waals surface area contributed by atoms with E-state index in [9.17, 15) is 28.2 Å². The quantitative estimate of drug-likeness (QED) is 0.565. The maximum Gasteiger partial charge on any atom is 0.419 e. The van der Waals surface area contributed by atoms with Gasteiger partial charge in [0, 0.05) is 24.7 Å². The number of fused-ring (bicyclic) bond motifs is 3. The summed E-state index contributed by atoms with van der Waals surface area (Å²) in [6.45, 7) is 3.14. The molecule has 0 saturated carbocycles. The SMILES string of the molecule is CC(C)(O)c1cc(-c2nccs2)c2oc(N3CC4CCC(C3)N4C(=O)O)nc2c1C(F)(F)F. The highest BCUT2D eigenvalue weighted by atomic mass is 32.1. The molecule has 4 heterocycles. The zero-order valence-electron chi connectivity index (χ0n) is 17.8. The molecule has 2 aromatic heterocycles. The lowest BCUT2D eigenvalue weighted by Crippen LogP contribution is -2.55. The average molecular weight is 482 g/mol. The fourth-order valence-electron chi connectivity index (χ4n) is 4.86. The smallest absolute Gasteiger partial charge is 0.419 e. The van der Waals surface area contributed by atoms with E-state index >= 15 is 0 Å². The van der Waals surface area contributed by atoms with E-state index in [0.717, 1.165) is 0 Å². The molecule has 2 aliphatic heterocycles. The summed E-state index contributed by atoms with van der Waals surface area (Å²) >= 11 is 1.24. The summed E-state index contributed by atoms with van der Waals surface area (Å²) in [7, 11) is 0. The van der Waals surface area contributed by atoms with Crippen molar-refractivity contribution in [2.75, 3.05) is 18.0 Å². The lowest BCUT2D eigenvalue weighted by atomic mass is 9.90. The molecule has 2 atom stereocenters. The number of anilines is 1. The van der Waals surface area contributed by atoms with E-state index in [2.05, 4.69) is 9.97 Å². The Kier molecular flexibility index (Phi) is 4.87. The third kappa shape index (κ3) is 3.61. The molecule has 2 N–H and O–H groups in total. The van der Waals surface area contributed by atoms with Gasteiger partial charge in [-0.25, -0.2) is 9.78 Å². The van der Waals surface area contributed by atoms with Crippen molar-refractivity contribution in [2.45, 2.75) is 50.6 Å². The van der Waals surface area contributed by atoms with Crippen LogP contribution in [0, 0.1) is 0 Å². The Balaban J connectivity index is 1.70. The normalized spacial score (nSPS) is 21.3. The molecule has 0 spiro atoms. The number of piperazine rings is 1. The molecule has 8 nitrogen and oxygen atoms in total. The van der Waals surface area contributed by atoms with Crippen molar-refractivity contribution in [2.24, 2.45) is 0 Å². The Hall–Kier alpha value is -2.86. The van der Waals surface area contributed by atoms with Crippen LogP contribution in [0.1, 0.15) is 37.8 Å². The third-order valence-corrected chi connectivity index (χ3v) is 7.04. The van der Waals surface area contributed by atoms with Crippen LogP contribution in [-0.4, -0.2) is 56.3 Å². The summed E-state index contributed by atoms with van der Waals surface area (Å²) in [5.41, 5.74) is -3.30. The lowest BCUT2D eigenvalue weighted by Gasteiger charge is -2.38. The standard InChI is InChI=1S/C21H21F3N4O4S/c1-20(2,31)13-7-12(17-25-5-6-33-17)16-15(14(13)21(22,23)24)26-18(32-16)27-8-10-3-4-11(9-27)28(10)19(29)30/h5-7,10-11,31H,3-4,8-9H2,1-2H3,(H,29,30). The molecule has 12 heteroatoms. The number of benzene rings is 1. The molecule has 2 fully saturated rings. The molecule has 3 aromatic rings. The van der Waals surface area contributed by atoms with E-state index in [4.69, 9.17) is 4.42 Å². The fraction of sp³-hybridized carbons (Fsp3) is 0.476. The number of halogens is 3. The zero-order chi connectivity index (χ0) is 23.7.